The van der Waals surface area contributed by atoms with Gasteiger partial charge in [-0.25, -0.2) is 9.18 Å². The molecule has 0 saturated heterocycles. The molecule has 0 fully saturated rings. The third-order valence-corrected chi connectivity index (χ3v) is 4.19. The second kappa shape index (κ2) is 8.84. The summed E-state index contributed by atoms with van der Waals surface area (Å²) >= 11 is 0. The van der Waals surface area contributed by atoms with E-state index in [9.17, 15) is 19.1 Å². The number of anilines is 1. The molecule has 146 valence electrons. The van der Waals surface area contributed by atoms with Crippen molar-refractivity contribution in [3.63, 3.8) is 0 Å². The summed E-state index contributed by atoms with van der Waals surface area (Å²) in [6.45, 7) is 0. The van der Waals surface area contributed by atoms with E-state index >= 15 is 0 Å². The second-order valence-electron chi connectivity index (χ2n) is 6.18. The van der Waals surface area contributed by atoms with Gasteiger partial charge in [-0.2, -0.15) is 0 Å². The maximum Gasteiger partial charge on any atom is 0.337 e. The van der Waals surface area contributed by atoms with Crippen LogP contribution in [0.15, 0.2) is 66.7 Å². The molecule has 0 radical (unpaired) electrons. The lowest BCUT2D eigenvalue weighted by Gasteiger charge is -2.10. The summed E-state index contributed by atoms with van der Waals surface area (Å²) < 4.78 is 18.2. The largest absolute Gasteiger partial charge is 0.497 e. The summed E-state index contributed by atoms with van der Waals surface area (Å²) in [6.07, 6.45) is 3.65. The minimum absolute atomic E-state index is 0.0426. The first-order valence-electron chi connectivity index (χ1n) is 8.72. The Morgan fingerprint density at radius 1 is 0.966 bits per heavy atom. The number of carboxylic acid groups (broad SMARTS) is 1. The summed E-state index contributed by atoms with van der Waals surface area (Å²) in [5.74, 6) is -1.43. The fourth-order valence-corrected chi connectivity index (χ4v) is 2.69. The first-order chi connectivity index (χ1) is 14.0. The summed E-state index contributed by atoms with van der Waals surface area (Å²) in [6, 6.07) is 17.1. The molecule has 0 aliphatic carbocycles. The Balaban J connectivity index is 1.87. The van der Waals surface area contributed by atoms with Crippen molar-refractivity contribution in [1.29, 1.82) is 0 Å². The molecule has 0 aliphatic heterocycles. The summed E-state index contributed by atoms with van der Waals surface area (Å²) in [5.41, 5.74) is 1.94. The van der Waals surface area contributed by atoms with Crippen LogP contribution in [0, 0.1) is 5.82 Å². The number of hydrogen-bond acceptors (Lipinski definition) is 3. The van der Waals surface area contributed by atoms with Crippen LogP contribution in [0.3, 0.4) is 0 Å². The van der Waals surface area contributed by atoms with Gasteiger partial charge in [0.2, 0.25) is 0 Å². The Bertz CT molecular complexity index is 1070. The zero-order chi connectivity index (χ0) is 20.8. The van der Waals surface area contributed by atoms with Gasteiger partial charge in [0, 0.05) is 5.56 Å². The number of nitrogens with one attached hydrogen (secondary N) is 1. The van der Waals surface area contributed by atoms with Crippen LogP contribution in [0.4, 0.5) is 10.1 Å². The molecule has 6 heteroatoms. The Labute approximate surface area is 167 Å². The highest BCUT2D eigenvalue weighted by Gasteiger charge is 2.14. The lowest BCUT2D eigenvalue weighted by Crippen LogP contribution is -2.15. The van der Waals surface area contributed by atoms with Crippen molar-refractivity contribution in [2.75, 3.05) is 12.4 Å². The number of aromatic carboxylic acids is 1. The lowest BCUT2D eigenvalue weighted by atomic mass is 10.1. The van der Waals surface area contributed by atoms with Crippen molar-refractivity contribution >= 4 is 29.7 Å². The molecule has 0 saturated carbocycles. The Kier molecular flexibility index (Phi) is 6.04. The normalized spacial score (nSPS) is 10.7. The Morgan fingerprint density at radius 3 is 2.31 bits per heavy atom. The van der Waals surface area contributed by atoms with Crippen LogP contribution in [0.1, 0.15) is 31.8 Å². The zero-order valence-corrected chi connectivity index (χ0v) is 15.6. The molecular weight excluding hydrogens is 373 g/mol. The number of methoxy groups -OCH3 is 1. The molecule has 0 atom stereocenters. The van der Waals surface area contributed by atoms with E-state index in [2.05, 4.69) is 5.32 Å². The van der Waals surface area contributed by atoms with Crippen molar-refractivity contribution < 1.29 is 23.8 Å². The van der Waals surface area contributed by atoms with E-state index in [1.807, 2.05) is 30.3 Å². The molecule has 5 nitrogen and oxygen atoms in total. The van der Waals surface area contributed by atoms with Crippen molar-refractivity contribution in [2.45, 2.75) is 0 Å². The van der Waals surface area contributed by atoms with E-state index in [4.69, 9.17) is 4.74 Å². The number of hydrogen-bond donors (Lipinski definition) is 2. The van der Waals surface area contributed by atoms with E-state index in [0.29, 0.717) is 5.56 Å². The van der Waals surface area contributed by atoms with Crippen LogP contribution in [-0.4, -0.2) is 24.1 Å². The van der Waals surface area contributed by atoms with Crippen LogP contribution in [0.5, 0.6) is 5.75 Å². The van der Waals surface area contributed by atoms with Crippen LogP contribution >= 0.6 is 0 Å². The van der Waals surface area contributed by atoms with Gasteiger partial charge in [-0.15, -0.1) is 0 Å². The SMILES string of the molecule is COc1cccc(/C=C/c2ccc(C(=O)O)c(NC(=O)c3ccc(F)cc3)c2)c1. The van der Waals surface area contributed by atoms with Crippen LogP contribution in [0.25, 0.3) is 12.2 Å². The fourth-order valence-electron chi connectivity index (χ4n) is 2.69. The molecule has 0 unspecified atom stereocenters. The smallest absolute Gasteiger partial charge is 0.337 e. The predicted octanol–water partition coefficient (Wildman–Crippen LogP) is 4.96. The molecule has 0 aliphatic rings. The van der Waals surface area contributed by atoms with Crippen LogP contribution in [0.2, 0.25) is 0 Å². The van der Waals surface area contributed by atoms with Crippen molar-refractivity contribution in [3.8, 4) is 5.75 Å². The maximum atomic E-state index is 13.0. The standard InChI is InChI=1S/C23H18FNO4/c1-29-19-4-2-3-15(13-19)5-6-16-7-12-20(23(27)28)21(14-16)25-22(26)17-8-10-18(24)11-9-17/h2-14H,1H3,(H,25,26)(H,27,28)/b6-5+. The number of halogens is 1. The molecule has 0 aromatic heterocycles. The van der Waals surface area contributed by atoms with Gasteiger partial charge in [0.15, 0.2) is 0 Å². The highest BCUT2D eigenvalue weighted by Crippen LogP contribution is 2.22. The molecule has 0 heterocycles. The monoisotopic (exact) mass is 391 g/mol. The summed E-state index contributed by atoms with van der Waals surface area (Å²) in [7, 11) is 1.59. The molecule has 2 N–H and O–H groups in total. The van der Waals surface area contributed by atoms with Crippen molar-refractivity contribution in [3.05, 3.63) is 94.8 Å². The second-order valence-corrected chi connectivity index (χ2v) is 6.18. The molecule has 3 aromatic rings. The third-order valence-electron chi connectivity index (χ3n) is 4.19. The predicted molar refractivity (Wildman–Crippen MR) is 110 cm³/mol. The van der Waals surface area contributed by atoms with Crippen LogP contribution in [-0.2, 0) is 0 Å². The zero-order valence-electron chi connectivity index (χ0n) is 15.6. The average molecular weight is 391 g/mol. The fraction of sp³-hybridized carbons (Fsp3) is 0.0435. The topological polar surface area (TPSA) is 75.6 Å². The number of amides is 1. The quantitative estimate of drug-likeness (QED) is 0.583. The maximum absolute atomic E-state index is 13.0. The van der Waals surface area contributed by atoms with E-state index in [0.717, 1.165) is 11.3 Å². The molecular formula is C23H18FNO4. The van der Waals surface area contributed by atoms with E-state index in [1.165, 1.54) is 30.3 Å². The minimum atomic E-state index is -1.16. The van der Waals surface area contributed by atoms with Gasteiger partial charge in [0.05, 0.1) is 18.4 Å². The van der Waals surface area contributed by atoms with Gasteiger partial charge in [-0.1, -0.05) is 30.4 Å². The Morgan fingerprint density at radius 2 is 1.66 bits per heavy atom. The lowest BCUT2D eigenvalue weighted by molar-refractivity contribution is 0.0698. The molecule has 3 rings (SSSR count). The van der Waals surface area contributed by atoms with Crippen molar-refractivity contribution in [1.82, 2.24) is 0 Å². The number of ether oxygens (including phenoxy) is 1. The molecule has 1 amide bonds. The average Bonchev–Trinajstić information content (AvgIpc) is 2.72. The number of carboxylic acids is 1. The van der Waals surface area contributed by atoms with Gasteiger partial charge in [0.1, 0.15) is 11.6 Å². The van der Waals surface area contributed by atoms with Crippen molar-refractivity contribution in [2.24, 2.45) is 0 Å². The molecule has 3 aromatic carbocycles. The van der Waals surface area contributed by atoms with E-state index in [-0.39, 0.29) is 16.8 Å². The first-order valence-corrected chi connectivity index (χ1v) is 8.72. The summed E-state index contributed by atoms with van der Waals surface area (Å²) in [4.78, 5) is 23.9. The van der Waals surface area contributed by atoms with Gasteiger partial charge < -0.3 is 15.2 Å². The molecule has 0 spiro atoms. The summed E-state index contributed by atoms with van der Waals surface area (Å²) in [5, 5.41) is 12.0. The minimum Gasteiger partial charge on any atom is -0.497 e. The number of carbonyl (C=O) groups is 2. The van der Waals surface area contributed by atoms with Gasteiger partial charge in [0.25, 0.3) is 5.91 Å². The third kappa shape index (κ3) is 5.07. The Hall–Kier alpha value is -3.93. The molecule has 0 bridgehead atoms. The van der Waals surface area contributed by atoms with E-state index < -0.39 is 17.7 Å². The van der Waals surface area contributed by atoms with Gasteiger partial charge >= 0.3 is 5.97 Å². The van der Waals surface area contributed by atoms with Gasteiger partial charge in [-0.3, -0.25) is 4.79 Å². The first kappa shape index (κ1) is 19.8. The highest BCUT2D eigenvalue weighted by molar-refractivity contribution is 6.08. The number of rotatable bonds is 6. The number of benzene rings is 3. The molecule has 29 heavy (non-hydrogen) atoms. The van der Waals surface area contributed by atoms with Crippen LogP contribution < -0.4 is 10.1 Å². The van der Waals surface area contributed by atoms with Gasteiger partial charge in [-0.05, 0) is 59.7 Å². The van der Waals surface area contributed by atoms with E-state index in [1.54, 1.807) is 25.3 Å². The highest BCUT2D eigenvalue weighted by atomic mass is 19.1. The number of carbonyl (C=O) groups excluding carboxylic acids is 1.